The van der Waals surface area contributed by atoms with Crippen molar-refractivity contribution in [1.29, 1.82) is 0 Å². The van der Waals surface area contributed by atoms with Crippen molar-refractivity contribution in [2.45, 2.75) is 38.6 Å². The lowest BCUT2D eigenvalue weighted by Gasteiger charge is -2.20. The number of ether oxygens (including phenoxy) is 2. The van der Waals surface area contributed by atoms with Crippen LogP contribution in [0.1, 0.15) is 37.7 Å². The van der Waals surface area contributed by atoms with Crippen LogP contribution in [-0.2, 0) is 20.9 Å². The Hall–Kier alpha value is -2.57. The zero-order valence-corrected chi connectivity index (χ0v) is 15.5. The zero-order valence-electron chi connectivity index (χ0n) is 15.5. The molecule has 7 heteroatoms. The quantitative estimate of drug-likeness (QED) is 0.739. The van der Waals surface area contributed by atoms with Crippen LogP contribution >= 0.6 is 0 Å². The fourth-order valence-corrected chi connectivity index (χ4v) is 4.25. The number of nitrogens with zero attached hydrogens (tertiary/aromatic N) is 2. The lowest BCUT2D eigenvalue weighted by molar-refractivity contribution is -0.140. The molecule has 0 spiro atoms. The molecule has 1 aromatic rings. The SMILES string of the molecule is CN(Cc1ccc2c(c1)OCO2)C(=O)CCN1C(=O)[C@H]2CCCC[C@@H]2C1=O. The van der Waals surface area contributed by atoms with Gasteiger partial charge in [-0.25, -0.2) is 0 Å². The fourth-order valence-electron chi connectivity index (χ4n) is 4.25. The van der Waals surface area contributed by atoms with E-state index in [1.54, 1.807) is 11.9 Å². The van der Waals surface area contributed by atoms with E-state index in [9.17, 15) is 14.4 Å². The van der Waals surface area contributed by atoms with Crippen LogP contribution in [-0.4, -0.2) is 47.9 Å². The number of carbonyl (C=O) groups is 3. The third-order valence-electron chi connectivity index (χ3n) is 5.76. The molecule has 0 bridgehead atoms. The van der Waals surface area contributed by atoms with E-state index in [0.29, 0.717) is 18.0 Å². The van der Waals surface area contributed by atoms with E-state index < -0.39 is 0 Å². The molecule has 4 rings (SSSR count). The second-order valence-corrected chi connectivity index (χ2v) is 7.51. The van der Waals surface area contributed by atoms with Gasteiger partial charge in [0, 0.05) is 26.6 Å². The number of amides is 3. The average Bonchev–Trinajstić information content (AvgIpc) is 3.23. The number of imide groups is 1. The van der Waals surface area contributed by atoms with Crippen LogP contribution in [0.15, 0.2) is 18.2 Å². The third-order valence-corrected chi connectivity index (χ3v) is 5.76. The Morgan fingerprint density at radius 2 is 1.78 bits per heavy atom. The number of fused-ring (bicyclic) bond motifs is 2. The first kappa shape index (κ1) is 17.8. The predicted molar refractivity (Wildman–Crippen MR) is 95.8 cm³/mol. The van der Waals surface area contributed by atoms with Crippen molar-refractivity contribution in [2.75, 3.05) is 20.4 Å². The Bertz CT molecular complexity index is 754. The summed E-state index contributed by atoms with van der Waals surface area (Å²) >= 11 is 0. The Morgan fingerprint density at radius 1 is 1.11 bits per heavy atom. The van der Waals surface area contributed by atoms with Crippen molar-refractivity contribution in [3.8, 4) is 11.5 Å². The normalized spacial score (nSPS) is 23.5. The zero-order chi connectivity index (χ0) is 19.0. The minimum Gasteiger partial charge on any atom is -0.454 e. The third kappa shape index (κ3) is 3.38. The van der Waals surface area contributed by atoms with Crippen molar-refractivity contribution >= 4 is 17.7 Å². The van der Waals surface area contributed by atoms with Gasteiger partial charge < -0.3 is 14.4 Å². The summed E-state index contributed by atoms with van der Waals surface area (Å²) in [5.74, 6) is 0.805. The van der Waals surface area contributed by atoms with Gasteiger partial charge >= 0.3 is 0 Å². The molecule has 3 amide bonds. The monoisotopic (exact) mass is 372 g/mol. The van der Waals surface area contributed by atoms with E-state index >= 15 is 0 Å². The van der Waals surface area contributed by atoms with E-state index in [4.69, 9.17) is 9.47 Å². The van der Waals surface area contributed by atoms with Crippen molar-refractivity contribution in [3.63, 3.8) is 0 Å². The van der Waals surface area contributed by atoms with E-state index in [1.807, 2.05) is 18.2 Å². The molecule has 2 aliphatic heterocycles. The standard InChI is InChI=1S/C20H24N2O5/c1-21(11-13-6-7-16-17(10-13)27-12-26-16)18(23)8-9-22-19(24)14-4-2-3-5-15(14)20(22)25/h6-7,10,14-15H,2-5,8-9,11-12H2,1H3/t14-,15-/m0/s1. The van der Waals surface area contributed by atoms with Crippen molar-refractivity contribution in [1.82, 2.24) is 9.80 Å². The number of carbonyl (C=O) groups excluding carboxylic acids is 3. The van der Waals surface area contributed by atoms with Crippen LogP contribution in [0.3, 0.4) is 0 Å². The molecule has 0 unspecified atom stereocenters. The predicted octanol–water partition coefficient (Wildman–Crippen LogP) is 1.94. The highest BCUT2D eigenvalue weighted by Crippen LogP contribution is 2.38. The van der Waals surface area contributed by atoms with Crippen LogP contribution in [0.4, 0.5) is 0 Å². The summed E-state index contributed by atoms with van der Waals surface area (Å²) in [5.41, 5.74) is 0.939. The summed E-state index contributed by atoms with van der Waals surface area (Å²) < 4.78 is 10.6. The van der Waals surface area contributed by atoms with Gasteiger partial charge in [-0.15, -0.1) is 0 Å². The van der Waals surface area contributed by atoms with E-state index in [0.717, 1.165) is 31.2 Å². The summed E-state index contributed by atoms with van der Waals surface area (Å²) in [7, 11) is 1.72. The van der Waals surface area contributed by atoms with E-state index in [-0.39, 0.29) is 49.3 Å². The first-order chi connectivity index (χ1) is 13.0. The highest BCUT2D eigenvalue weighted by molar-refractivity contribution is 6.05. The number of hydrogen-bond acceptors (Lipinski definition) is 5. The topological polar surface area (TPSA) is 76.2 Å². The summed E-state index contributed by atoms with van der Waals surface area (Å²) in [6, 6.07) is 5.60. The molecule has 1 saturated heterocycles. The van der Waals surface area contributed by atoms with Gasteiger partial charge in [-0.1, -0.05) is 18.9 Å². The molecule has 1 aliphatic carbocycles. The maximum absolute atomic E-state index is 12.5. The highest BCUT2D eigenvalue weighted by atomic mass is 16.7. The molecule has 7 nitrogen and oxygen atoms in total. The number of benzene rings is 1. The molecule has 3 aliphatic rings. The Labute approximate surface area is 158 Å². The molecule has 2 heterocycles. The molecule has 27 heavy (non-hydrogen) atoms. The molecule has 0 N–H and O–H groups in total. The maximum atomic E-state index is 12.5. The molecular formula is C20H24N2O5. The van der Waals surface area contributed by atoms with E-state index in [2.05, 4.69) is 0 Å². The van der Waals surface area contributed by atoms with E-state index in [1.165, 1.54) is 4.90 Å². The van der Waals surface area contributed by atoms with Crippen LogP contribution in [0.5, 0.6) is 11.5 Å². The maximum Gasteiger partial charge on any atom is 0.233 e. The highest BCUT2D eigenvalue weighted by Gasteiger charge is 2.47. The van der Waals surface area contributed by atoms with Gasteiger partial charge in [-0.05, 0) is 30.5 Å². The number of hydrogen-bond donors (Lipinski definition) is 0. The first-order valence-corrected chi connectivity index (χ1v) is 9.52. The minimum atomic E-state index is -0.160. The van der Waals surface area contributed by atoms with Crippen molar-refractivity contribution < 1.29 is 23.9 Å². The van der Waals surface area contributed by atoms with Crippen molar-refractivity contribution in [2.24, 2.45) is 11.8 Å². The van der Waals surface area contributed by atoms with Crippen LogP contribution in [0.25, 0.3) is 0 Å². The largest absolute Gasteiger partial charge is 0.454 e. The molecule has 0 radical (unpaired) electrons. The van der Waals surface area contributed by atoms with Gasteiger partial charge in [-0.3, -0.25) is 19.3 Å². The second-order valence-electron chi connectivity index (χ2n) is 7.51. The fraction of sp³-hybridized carbons (Fsp3) is 0.550. The van der Waals surface area contributed by atoms with Crippen LogP contribution in [0, 0.1) is 11.8 Å². The molecule has 2 atom stereocenters. The molecule has 1 saturated carbocycles. The summed E-state index contributed by atoms with van der Waals surface area (Å²) in [5, 5.41) is 0. The van der Waals surface area contributed by atoms with Crippen molar-refractivity contribution in [3.05, 3.63) is 23.8 Å². The molecule has 2 fully saturated rings. The Morgan fingerprint density at radius 3 is 2.48 bits per heavy atom. The minimum absolute atomic E-state index is 0.0871. The lowest BCUT2D eigenvalue weighted by Crippen LogP contribution is -2.36. The summed E-state index contributed by atoms with van der Waals surface area (Å²) in [4.78, 5) is 40.4. The second kappa shape index (κ2) is 7.21. The molecule has 0 aromatic heterocycles. The van der Waals surface area contributed by atoms with Gasteiger partial charge in [0.15, 0.2) is 11.5 Å². The Balaban J connectivity index is 1.32. The number of rotatable bonds is 5. The molecule has 144 valence electrons. The van der Waals surface area contributed by atoms with Gasteiger partial charge in [0.25, 0.3) is 0 Å². The van der Waals surface area contributed by atoms with Crippen LogP contribution < -0.4 is 9.47 Å². The number of likely N-dealkylation sites (tertiary alicyclic amines) is 1. The molecular weight excluding hydrogens is 348 g/mol. The lowest BCUT2D eigenvalue weighted by atomic mass is 9.81. The van der Waals surface area contributed by atoms with Gasteiger partial charge in [0.05, 0.1) is 11.8 Å². The van der Waals surface area contributed by atoms with Crippen LogP contribution in [0.2, 0.25) is 0 Å². The van der Waals surface area contributed by atoms with Gasteiger partial charge in [0.2, 0.25) is 24.5 Å². The average molecular weight is 372 g/mol. The van der Waals surface area contributed by atoms with Gasteiger partial charge in [-0.2, -0.15) is 0 Å². The Kier molecular flexibility index (Phi) is 4.76. The smallest absolute Gasteiger partial charge is 0.233 e. The summed E-state index contributed by atoms with van der Waals surface area (Å²) in [6.07, 6.45) is 3.75. The van der Waals surface area contributed by atoms with Gasteiger partial charge in [0.1, 0.15) is 0 Å². The summed E-state index contributed by atoms with van der Waals surface area (Å²) in [6.45, 7) is 0.824. The molecule has 1 aromatic carbocycles. The first-order valence-electron chi connectivity index (χ1n) is 9.52.